The zero-order chi connectivity index (χ0) is 13.1. The predicted molar refractivity (Wildman–Crippen MR) is 70.7 cm³/mol. The summed E-state index contributed by atoms with van der Waals surface area (Å²) in [6.07, 6.45) is 4.38. The summed E-state index contributed by atoms with van der Waals surface area (Å²) in [5, 5.41) is 3.37. The lowest BCUT2D eigenvalue weighted by molar-refractivity contribution is 0.00587. The molecule has 2 fully saturated rings. The van der Waals surface area contributed by atoms with Crippen LogP contribution in [0.25, 0.3) is 0 Å². The first-order valence-corrected chi connectivity index (χ1v) is 7.07. The van der Waals surface area contributed by atoms with E-state index in [9.17, 15) is 4.39 Å². The van der Waals surface area contributed by atoms with Crippen molar-refractivity contribution in [2.75, 3.05) is 13.2 Å². The summed E-state index contributed by atoms with van der Waals surface area (Å²) in [6, 6.07) is 5.86. The second-order valence-electron chi connectivity index (χ2n) is 5.38. The molecule has 1 saturated heterocycles. The van der Waals surface area contributed by atoms with Crippen LogP contribution in [0.4, 0.5) is 4.39 Å². The predicted octanol–water partition coefficient (Wildman–Crippen LogP) is 2.64. The molecule has 0 amide bonds. The van der Waals surface area contributed by atoms with Gasteiger partial charge in [-0.1, -0.05) is 6.07 Å². The largest absolute Gasteiger partial charge is 0.485 e. The molecule has 3 rings (SSSR count). The number of rotatable bonds is 5. The number of hydrogen-bond donors (Lipinski definition) is 1. The molecule has 19 heavy (non-hydrogen) atoms. The average molecular weight is 265 g/mol. The molecule has 104 valence electrons. The van der Waals surface area contributed by atoms with Crippen LogP contribution in [0.5, 0.6) is 5.75 Å². The lowest BCUT2D eigenvalue weighted by Gasteiger charge is -2.23. The van der Waals surface area contributed by atoms with Crippen molar-refractivity contribution >= 4 is 0 Å². The van der Waals surface area contributed by atoms with E-state index >= 15 is 0 Å². The number of benzene rings is 1. The van der Waals surface area contributed by atoms with Gasteiger partial charge in [0.1, 0.15) is 6.10 Å². The Balaban J connectivity index is 1.58. The van der Waals surface area contributed by atoms with Gasteiger partial charge in [-0.25, -0.2) is 4.39 Å². The minimum absolute atomic E-state index is 0.0151. The van der Waals surface area contributed by atoms with E-state index in [4.69, 9.17) is 9.47 Å². The Morgan fingerprint density at radius 2 is 2.21 bits per heavy atom. The quantitative estimate of drug-likeness (QED) is 0.887. The number of ether oxygens (including phenoxy) is 2. The first-order chi connectivity index (χ1) is 9.31. The van der Waals surface area contributed by atoms with Crippen molar-refractivity contribution in [3.05, 3.63) is 29.6 Å². The van der Waals surface area contributed by atoms with Gasteiger partial charge in [0.2, 0.25) is 0 Å². The smallest absolute Gasteiger partial charge is 0.165 e. The Labute approximate surface area is 113 Å². The zero-order valence-electron chi connectivity index (χ0n) is 11.0. The molecule has 1 N–H and O–H groups in total. The molecule has 1 atom stereocenters. The van der Waals surface area contributed by atoms with Gasteiger partial charge < -0.3 is 14.8 Å². The molecule has 0 spiro atoms. The van der Waals surface area contributed by atoms with Crippen LogP contribution >= 0.6 is 0 Å². The minimum atomic E-state index is -0.277. The Bertz CT molecular complexity index is 428. The molecule has 0 aromatic heterocycles. The third kappa shape index (κ3) is 3.67. The molecule has 1 aliphatic heterocycles. The summed E-state index contributed by atoms with van der Waals surface area (Å²) in [4.78, 5) is 0. The monoisotopic (exact) mass is 265 g/mol. The minimum Gasteiger partial charge on any atom is -0.485 e. The number of nitrogens with one attached hydrogen (secondary N) is 1. The van der Waals surface area contributed by atoms with Crippen molar-refractivity contribution in [1.82, 2.24) is 5.32 Å². The van der Waals surface area contributed by atoms with Crippen LogP contribution < -0.4 is 10.1 Å². The van der Waals surface area contributed by atoms with Crippen molar-refractivity contribution in [3.63, 3.8) is 0 Å². The summed E-state index contributed by atoms with van der Waals surface area (Å²) in [5.74, 6) is 0.0614. The molecular weight excluding hydrogens is 245 g/mol. The highest BCUT2D eigenvalue weighted by molar-refractivity contribution is 5.29. The molecule has 4 heteroatoms. The summed E-state index contributed by atoms with van der Waals surface area (Å²) in [6.45, 7) is 2.08. The van der Waals surface area contributed by atoms with E-state index in [1.165, 1.54) is 12.8 Å². The van der Waals surface area contributed by atoms with Crippen LogP contribution in [0.15, 0.2) is 18.2 Å². The highest BCUT2D eigenvalue weighted by Gasteiger charge is 2.20. The fraction of sp³-hybridized carbons (Fsp3) is 0.600. The van der Waals surface area contributed by atoms with E-state index < -0.39 is 0 Å². The fourth-order valence-electron chi connectivity index (χ4n) is 2.28. The Morgan fingerprint density at radius 3 is 2.89 bits per heavy atom. The first-order valence-electron chi connectivity index (χ1n) is 7.07. The lowest BCUT2D eigenvalue weighted by atomic mass is 10.1. The van der Waals surface area contributed by atoms with Crippen molar-refractivity contribution in [2.45, 2.75) is 44.4 Å². The van der Waals surface area contributed by atoms with Gasteiger partial charge >= 0.3 is 0 Å². The maximum absolute atomic E-state index is 14.0. The normalized spacial score (nSPS) is 23.3. The molecule has 1 unspecified atom stereocenters. The second-order valence-corrected chi connectivity index (χ2v) is 5.38. The van der Waals surface area contributed by atoms with Gasteiger partial charge in [0.25, 0.3) is 0 Å². The van der Waals surface area contributed by atoms with Gasteiger partial charge in [-0.3, -0.25) is 0 Å². The van der Waals surface area contributed by atoms with Gasteiger partial charge in [0.05, 0.1) is 6.61 Å². The highest BCUT2D eigenvalue weighted by Crippen LogP contribution is 2.23. The Hall–Kier alpha value is -1.13. The maximum Gasteiger partial charge on any atom is 0.165 e. The third-order valence-electron chi connectivity index (χ3n) is 3.58. The SMILES string of the molecule is Fc1cc(CNC2CC2)ccc1OC1CCCOC1. The third-order valence-corrected chi connectivity index (χ3v) is 3.58. The van der Waals surface area contributed by atoms with Gasteiger partial charge in [-0.2, -0.15) is 0 Å². The van der Waals surface area contributed by atoms with E-state index in [1.54, 1.807) is 12.1 Å². The van der Waals surface area contributed by atoms with Crippen molar-refractivity contribution in [1.29, 1.82) is 0 Å². The van der Waals surface area contributed by atoms with E-state index in [0.29, 0.717) is 18.4 Å². The van der Waals surface area contributed by atoms with Crippen molar-refractivity contribution < 1.29 is 13.9 Å². The second kappa shape index (κ2) is 5.88. The zero-order valence-corrected chi connectivity index (χ0v) is 11.0. The van der Waals surface area contributed by atoms with E-state index in [2.05, 4.69) is 5.32 Å². The van der Waals surface area contributed by atoms with Crippen LogP contribution in [-0.2, 0) is 11.3 Å². The molecule has 2 aliphatic rings. The van der Waals surface area contributed by atoms with Gasteiger partial charge in [0, 0.05) is 19.2 Å². The molecule has 0 bridgehead atoms. The summed E-state index contributed by atoms with van der Waals surface area (Å²) >= 11 is 0. The van der Waals surface area contributed by atoms with Crippen LogP contribution in [0.1, 0.15) is 31.2 Å². The molecule has 0 radical (unpaired) electrons. The van der Waals surface area contributed by atoms with Crippen LogP contribution in [0.3, 0.4) is 0 Å². The summed E-state index contributed by atoms with van der Waals surface area (Å²) in [5.41, 5.74) is 0.969. The van der Waals surface area contributed by atoms with E-state index in [-0.39, 0.29) is 11.9 Å². The van der Waals surface area contributed by atoms with E-state index in [1.807, 2.05) is 6.07 Å². The molecular formula is C15H20FNO2. The fourth-order valence-corrected chi connectivity index (χ4v) is 2.28. The Morgan fingerprint density at radius 1 is 1.32 bits per heavy atom. The first kappa shape index (κ1) is 12.9. The van der Waals surface area contributed by atoms with Crippen LogP contribution in [0.2, 0.25) is 0 Å². The van der Waals surface area contributed by atoms with Gasteiger partial charge in [-0.15, -0.1) is 0 Å². The molecule has 1 aromatic rings. The highest BCUT2D eigenvalue weighted by atomic mass is 19.1. The molecule has 1 saturated carbocycles. The van der Waals surface area contributed by atoms with Gasteiger partial charge in [-0.05, 0) is 43.4 Å². The Kier molecular flexibility index (Phi) is 3.99. The standard InChI is InChI=1S/C15H20FNO2/c16-14-8-11(9-17-12-4-5-12)3-6-15(14)19-13-2-1-7-18-10-13/h3,6,8,12-13,17H,1-2,4-5,7,9-10H2. The van der Waals surface area contributed by atoms with Crippen molar-refractivity contribution in [3.8, 4) is 5.75 Å². The van der Waals surface area contributed by atoms with E-state index in [0.717, 1.165) is 31.6 Å². The average Bonchev–Trinajstić information content (AvgIpc) is 3.25. The summed E-state index contributed by atoms with van der Waals surface area (Å²) in [7, 11) is 0. The van der Waals surface area contributed by atoms with Crippen LogP contribution in [0, 0.1) is 5.82 Å². The van der Waals surface area contributed by atoms with Crippen molar-refractivity contribution in [2.24, 2.45) is 0 Å². The topological polar surface area (TPSA) is 30.5 Å². The molecule has 3 nitrogen and oxygen atoms in total. The number of hydrogen-bond acceptors (Lipinski definition) is 3. The molecule has 1 aromatic carbocycles. The lowest BCUT2D eigenvalue weighted by Crippen LogP contribution is -2.28. The molecule has 1 aliphatic carbocycles. The number of halogens is 1. The molecule has 1 heterocycles. The summed E-state index contributed by atoms with van der Waals surface area (Å²) < 4.78 is 24.9. The maximum atomic E-state index is 14.0. The van der Waals surface area contributed by atoms with Crippen LogP contribution in [-0.4, -0.2) is 25.4 Å². The van der Waals surface area contributed by atoms with Gasteiger partial charge in [0.15, 0.2) is 11.6 Å².